The fraction of sp³-hybridized carbons (Fsp3) is 0.444. The molecule has 2 aliphatic heterocycles. The summed E-state index contributed by atoms with van der Waals surface area (Å²) in [6.07, 6.45) is 4.20. The Morgan fingerprint density at radius 2 is 1.82 bits per heavy atom. The second-order valence-corrected chi connectivity index (χ2v) is 10.4. The summed E-state index contributed by atoms with van der Waals surface area (Å²) in [6, 6.07) is 14.4. The molecular weight excluding hydrogens is 430 g/mol. The fourth-order valence-corrected chi connectivity index (χ4v) is 4.99. The lowest BCUT2D eigenvalue weighted by Crippen LogP contribution is -2.46. The number of rotatable bonds is 7. The smallest absolute Gasteiger partial charge is 0.253 e. The minimum Gasteiger partial charge on any atom is -0.482 e. The van der Waals surface area contributed by atoms with Crippen molar-refractivity contribution in [2.45, 2.75) is 51.4 Å². The minimum absolute atomic E-state index is 0.0833. The van der Waals surface area contributed by atoms with Crippen LogP contribution in [0.5, 0.6) is 5.75 Å². The summed E-state index contributed by atoms with van der Waals surface area (Å²) < 4.78 is 10.1. The average Bonchev–Trinajstić information content (AvgIpc) is 2.83. The topological polar surface area (TPSA) is 53.6 Å². The zero-order valence-electron chi connectivity index (χ0n) is 20.1. The number of carbonyl (C=O) groups is 1. The lowest BCUT2D eigenvalue weighted by Gasteiger charge is -2.40. The second kappa shape index (κ2) is 10.2. The molecule has 1 spiro atoms. The van der Waals surface area contributed by atoms with Gasteiger partial charge in [-0.15, -0.1) is 0 Å². The first-order valence-electron chi connectivity index (χ1n) is 12.0. The quantitative estimate of drug-likeness (QED) is 0.523. The van der Waals surface area contributed by atoms with E-state index in [-0.39, 0.29) is 11.5 Å². The zero-order valence-corrected chi connectivity index (χ0v) is 20.9. The van der Waals surface area contributed by atoms with E-state index in [2.05, 4.69) is 60.3 Å². The Labute approximate surface area is 202 Å². The van der Waals surface area contributed by atoms with Crippen LogP contribution in [0.3, 0.4) is 0 Å². The van der Waals surface area contributed by atoms with E-state index in [9.17, 15) is 4.79 Å². The third kappa shape index (κ3) is 5.22. The lowest BCUT2D eigenvalue weighted by molar-refractivity contribution is 0.0772. The number of ether oxygens (including phenoxy) is 1. The van der Waals surface area contributed by atoms with Gasteiger partial charge >= 0.3 is 0 Å². The summed E-state index contributed by atoms with van der Waals surface area (Å²) in [5.41, 5.74) is 4.90. The van der Waals surface area contributed by atoms with Gasteiger partial charge in [-0.3, -0.25) is 4.79 Å². The summed E-state index contributed by atoms with van der Waals surface area (Å²) in [4.78, 5) is 14.6. The van der Waals surface area contributed by atoms with Crippen LogP contribution >= 0.6 is 11.9 Å². The molecule has 2 aromatic rings. The first-order valence-corrected chi connectivity index (χ1v) is 12.9. The first-order chi connectivity index (χ1) is 15.9. The highest BCUT2D eigenvalue weighted by atomic mass is 32.2. The molecule has 33 heavy (non-hydrogen) atoms. The third-order valence-corrected chi connectivity index (χ3v) is 7.17. The van der Waals surface area contributed by atoms with E-state index in [0.717, 1.165) is 54.1 Å². The maximum absolute atomic E-state index is 12.8. The molecule has 176 valence electrons. The molecule has 0 radical (unpaired) electrons. The summed E-state index contributed by atoms with van der Waals surface area (Å²) >= 11 is 1.70. The number of benzene rings is 2. The molecule has 2 N–H and O–H groups in total. The van der Waals surface area contributed by atoms with Crippen molar-refractivity contribution < 1.29 is 9.53 Å². The maximum atomic E-state index is 12.8. The molecule has 4 rings (SSSR count). The molecule has 5 nitrogen and oxygen atoms in total. The van der Waals surface area contributed by atoms with Crippen molar-refractivity contribution >= 4 is 29.1 Å². The molecular formula is C27H35N3O2S. The Morgan fingerprint density at radius 3 is 2.45 bits per heavy atom. The Balaban J connectivity index is 1.71. The van der Waals surface area contributed by atoms with Crippen molar-refractivity contribution in [3.8, 4) is 5.75 Å². The van der Waals surface area contributed by atoms with Gasteiger partial charge in [0.1, 0.15) is 11.4 Å². The van der Waals surface area contributed by atoms with Crippen LogP contribution in [0.25, 0.3) is 5.57 Å². The number of carbonyl (C=O) groups excluding carboxylic acids is 1. The molecule has 0 aromatic heterocycles. The van der Waals surface area contributed by atoms with Crippen LogP contribution in [0.1, 0.15) is 62.0 Å². The summed E-state index contributed by atoms with van der Waals surface area (Å²) in [7, 11) is 0. The Bertz CT molecular complexity index is 1010. The molecule has 2 aliphatic rings. The predicted octanol–water partition coefficient (Wildman–Crippen LogP) is 5.58. The number of hydrogen-bond acceptors (Lipinski definition) is 5. The molecule has 6 heteroatoms. The van der Waals surface area contributed by atoms with Crippen molar-refractivity contribution in [2.75, 3.05) is 30.9 Å². The Kier molecular flexibility index (Phi) is 7.35. The normalized spacial score (nSPS) is 16.7. The van der Waals surface area contributed by atoms with Crippen LogP contribution in [0.4, 0.5) is 5.69 Å². The van der Waals surface area contributed by atoms with Crippen molar-refractivity contribution in [1.82, 2.24) is 10.2 Å². The molecule has 0 bridgehead atoms. The largest absolute Gasteiger partial charge is 0.482 e. The van der Waals surface area contributed by atoms with E-state index in [1.807, 2.05) is 30.9 Å². The van der Waals surface area contributed by atoms with Crippen LogP contribution in [-0.2, 0) is 0 Å². The van der Waals surface area contributed by atoms with E-state index < -0.39 is 0 Å². The molecule has 0 aliphatic carbocycles. The number of amides is 1. The van der Waals surface area contributed by atoms with Gasteiger partial charge < -0.3 is 19.7 Å². The number of hydrogen-bond donors (Lipinski definition) is 2. The summed E-state index contributed by atoms with van der Waals surface area (Å²) in [5.74, 6) is 1.01. The summed E-state index contributed by atoms with van der Waals surface area (Å²) in [5, 5.41) is 3.94. The van der Waals surface area contributed by atoms with Gasteiger partial charge in [-0.1, -0.05) is 26.0 Å². The highest BCUT2D eigenvalue weighted by molar-refractivity contribution is 8.01. The Morgan fingerprint density at radius 1 is 1.12 bits per heavy atom. The van der Waals surface area contributed by atoms with E-state index in [1.165, 1.54) is 5.57 Å². The van der Waals surface area contributed by atoms with E-state index >= 15 is 0 Å². The van der Waals surface area contributed by atoms with Gasteiger partial charge in [-0.05, 0) is 86.4 Å². The fourth-order valence-electron chi connectivity index (χ4n) is 4.49. The van der Waals surface area contributed by atoms with Crippen molar-refractivity contribution in [1.29, 1.82) is 0 Å². The van der Waals surface area contributed by atoms with Crippen LogP contribution < -0.4 is 14.8 Å². The molecule has 2 heterocycles. The molecule has 2 aromatic carbocycles. The highest BCUT2D eigenvalue weighted by Crippen LogP contribution is 2.44. The van der Waals surface area contributed by atoms with Crippen LogP contribution in [0, 0.1) is 0 Å². The number of nitrogens with one attached hydrogen (secondary N) is 2. The third-order valence-electron chi connectivity index (χ3n) is 6.35. The van der Waals surface area contributed by atoms with Crippen LogP contribution in [-0.4, -0.2) is 47.8 Å². The van der Waals surface area contributed by atoms with Gasteiger partial charge in [0.05, 0.1) is 0 Å². The molecule has 0 atom stereocenters. The number of anilines is 1. The molecule has 1 amide bonds. The van der Waals surface area contributed by atoms with Gasteiger partial charge in [-0.25, -0.2) is 0 Å². The van der Waals surface area contributed by atoms with E-state index in [1.54, 1.807) is 11.9 Å². The van der Waals surface area contributed by atoms with E-state index in [0.29, 0.717) is 18.3 Å². The standard InChI is InChI=1S/C27H35N3O2S/c1-5-30(6-2)26(31)21-9-7-20(8-10-21)24-18-27(13-15-28-16-14-27)32-25-12-11-22(17-23(24)25)29-33-19(3)4/h7-12,17-19,28-29H,5-6,13-16H2,1-4H3. The predicted molar refractivity (Wildman–Crippen MR) is 139 cm³/mol. The number of piperidine rings is 1. The van der Waals surface area contributed by atoms with E-state index in [4.69, 9.17) is 4.74 Å². The molecule has 0 saturated carbocycles. The number of nitrogens with zero attached hydrogens (tertiary/aromatic N) is 1. The average molecular weight is 466 g/mol. The highest BCUT2D eigenvalue weighted by Gasteiger charge is 2.37. The van der Waals surface area contributed by atoms with Gasteiger partial charge in [0.15, 0.2) is 0 Å². The van der Waals surface area contributed by atoms with Gasteiger partial charge in [0.25, 0.3) is 5.91 Å². The summed E-state index contributed by atoms with van der Waals surface area (Å²) in [6.45, 7) is 11.7. The molecule has 1 fully saturated rings. The SMILES string of the molecule is CCN(CC)C(=O)c1ccc(C2=CC3(CCNCC3)Oc3ccc(NSC(C)C)cc32)cc1. The maximum Gasteiger partial charge on any atom is 0.253 e. The van der Waals surface area contributed by atoms with Crippen molar-refractivity contribution in [2.24, 2.45) is 0 Å². The minimum atomic E-state index is -0.287. The van der Waals surface area contributed by atoms with Crippen molar-refractivity contribution in [3.05, 3.63) is 65.2 Å². The first kappa shape index (κ1) is 23.7. The lowest BCUT2D eigenvalue weighted by atomic mass is 9.83. The second-order valence-electron chi connectivity index (χ2n) is 9.01. The monoisotopic (exact) mass is 465 g/mol. The van der Waals surface area contributed by atoms with Crippen molar-refractivity contribution in [3.63, 3.8) is 0 Å². The van der Waals surface area contributed by atoms with Gasteiger partial charge in [0, 0.05) is 48.0 Å². The Hall–Kier alpha value is -2.44. The number of fused-ring (bicyclic) bond motifs is 1. The zero-order chi connectivity index (χ0) is 23.4. The molecule has 0 unspecified atom stereocenters. The van der Waals surface area contributed by atoms with Crippen LogP contribution in [0.2, 0.25) is 0 Å². The molecule has 1 saturated heterocycles. The van der Waals surface area contributed by atoms with Gasteiger partial charge in [-0.2, -0.15) is 0 Å². The van der Waals surface area contributed by atoms with Crippen LogP contribution in [0.15, 0.2) is 48.5 Å². The van der Waals surface area contributed by atoms with Gasteiger partial charge in [0.2, 0.25) is 0 Å².